The largest absolute Gasteiger partial charge is 0.453 e. The normalized spacial score (nSPS) is 14.7. The average molecular weight is 357 g/mol. The molecule has 0 unspecified atom stereocenters. The van der Waals surface area contributed by atoms with Gasteiger partial charge in [0.05, 0.1) is 0 Å². The van der Waals surface area contributed by atoms with Gasteiger partial charge < -0.3 is 9.64 Å². The number of hydrogen-bond donors (Lipinski definition) is 0. The molecule has 0 amide bonds. The van der Waals surface area contributed by atoms with Gasteiger partial charge in [0.2, 0.25) is 0 Å². The van der Waals surface area contributed by atoms with E-state index in [4.69, 9.17) is 4.74 Å². The number of halogens is 1. The molecule has 0 heterocycles. The molecule has 0 N–H and O–H groups in total. The monoisotopic (exact) mass is 357 g/mol. The van der Waals surface area contributed by atoms with E-state index in [0.717, 1.165) is 17.7 Å². The number of nitrogens with zero attached hydrogens (tertiary/aromatic N) is 1. The summed E-state index contributed by atoms with van der Waals surface area (Å²) in [6, 6.07) is 16.3. The van der Waals surface area contributed by atoms with Crippen LogP contribution < -0.4 is 0 Å². The molecule has 0 saturated carbocycles. The first-order valence-electron chi connectivity index (χ1n) is 9.04. The summed E-state index contributed by atoms with van der Waals surface area (Å²) < 4.78 is 19.6. The van der Waals surface area contributed by atoms with Gasteiger partial charge >= 0.3 is 5.97 Å². The standard InChI is InChI=1S/C22H28FNO2/c1-5-21(25)26-22(17(2)16-24(3)4,15-18-9-7-6-8-10-18)19-11-13-20(23)14-12-19/h6-14,17H,5,15-16H2,1-4H3/t17-,22+/m1/s1. The molecule has 2 atom stereocenters. The molecule has 0 spiro atoms. The maximum Gasteiger partial charge on any atom is 0.306 e. The molecule has 26 heavy (non-hydrogen) atoms. The lowest BCUT2D eigenvalue weighted by Crippen LogP contribution is -2.44. The smallest absolute Gasteiger partial charge is 0.306 e. The molecule has 0 saturated heterocycles. The maximum absolute atomic E-state index is 13.5. The van der Waals surface area contributed by atoms with Crippen LogP contribution in [0.5, 0.6) is 0 Å². The van der Waals surface area contributed by atoms with E-state index in [9.17, 15) is 9.18 Å². The molecule has 0 aliphatic rings. The van der Waals surface area contributed by atoms with Crippen LogP contribution in [-0.2, 0) is 21.6 Å². The Bertz CT molecular complexity index is 700. The van der Waals surface area contributed by atoms with Crippen LogP contribution in [0.2, 0.25) is 0 Å². The summed E-state index contributed by atoms with van der Waals surface area (Å²) in [5.74, 6) is -0.543. The fourth-order valence-corrected chi connectivity index (χ4v) is 3.36. The molecular weight excluding hydrogens is 329 g/mol. The number of rotatable bonds is 8. The lowest BCUT2D eigenvalue weighted by molar-refractivity contribution is -0.168. The van der Waals surface area contributed by atoms with E-state index < -0.39 is 5.60 Å². The zero-order valence-electron chi connectivity index (χ0n) is 16.0. The minimum atomic E-state index is -0.855. The Morgan fingerprint density at radius 3 is 2.27 bits per heavy atom. The van der Waals surface area contributed by atoms with Gasteiger partial charge in [-0.1, -0.05) is 56.3 Å². The Morgan fingerprint density at radius 2 is 1.73 bits per heavy atom. The van der Waals surface area contributed by atoms with Crippen LogP contribution in [0.25, 0.3) is 0 Å². The summed E-state index contributed by atoms with van der Waals surface area (Å²) in [5.41, 5.74) is 1.04. The minimum Gasteiger partial charge on any atom is -0.453 e. The molecule has 140 valence electrons. The van der Waals surface area contributed by atoms with Crippen molar-refractivity contribution >= 4 is 5.97 Å². The molecule has 2 aromatic carbocycles. The number of benzene rings is 2. The van der Waals surface area contributed by atoms with E-state index in [-0.39, 0.29) is 17.7 Å². The van der Waals surface area contributed by atoms with Crippen molar-refractivity contribution in [3.05, 3.63) is 71.5 Å². The Balaban J connectivity index is 2.56. The van der Waals surface area contributed by atoms with Crippen molar-refractivity contribution in [1.82, 2.24) is 4.90 Å². The van der Waals surface area contributed by atoms with Crippen LogP contribution in [0.1, 0.15) is 31.4 Å². The summed E-state index contributed by atoms with van der Waals surface area (Å²) >= 11 is 0. The van der Waals surface area contributed by atoms with Crippen molar-refractivity contribution in [1.29, 1.82) is 0 Å². The number of carbonyl (C=O) groups is 1. The summed E-state index contributed by atoms with van der Waals surface area (Å²) in [7, 11) is 3.99. The number of hydrogen-bond acceptors (Lipinski definition) is 3. The van der Waals surface area contributed by atoms with Gasteiger partial charge in [0.1, 0.15) is 11.4 Å². The van der Waals surface area contributed by atoms with Gasteiger partial charge in [0.25, 0.3) is 0 Å². The number of ether oxygens (including phenoxy) is 1. The highest BCUT2D eigenvalue weighted by Gasteiger charge is 2.42. The van der Waals surface area contributed by atoms with E-state index in [1.165, 1.54) is 12.1 Å². The van der Waals surface area contributed by atoms with Crippen LogP contribution in [0.15, 0.2) is 54.6 Å². The highest BCUT2D eigenvalue weighted by molar-refractivity contribution is 5.69. The first-order valence-corrected chi connectivity index (χ1v) is 9.04. The van der Waals surface area contributed by atoms with Gasteiger partial charge in [-0.15, -0.1) is 0 Å². The maximum atomic E-state index is 13.5. The molecule has 0 radical (unpaired) electrons. The van der Waals surface area contributed by atoms with E-state index in [1.807, 2.05) is 44.4 Å². The lowest BCUT2D eigenvalue weighted by Gasteiger charge is -2.40. The summed E-state index contributed by atoms with van der Waals surface area (Å²) in [6.07, 6.45) is 0.840. The first kappa shape index (κ1) is 20.1. The quantitative estimate of drug-likeness (QED) is 0.655. The minimum absolute atomic E-state index is 0.0127. The lowest BCUT2D eigenvalue weighted by atomic mass is 9.77. The predicted molar refractivity (Wildman–Crippen MR) is 102 cm³/mol. The van der Waals surface area contributed by atoms with Crippen molar-refractivity contribution in [3.63, 3.8) is 0 Å². The van der Waals surface area contributed by atoms with Crippen LogP contribution in [0, 0.1) is 11.7 Å². The first-order chi connectivity index (χ1) is 12.4. The second-order valence-corrected chi connectivity index (χ2v) is 7.05. The van der Waals surface area contributed by atoms with E-state index in [0.29, 0.717) is 12.8 Å². The third-order valence-corrected chi connectivity index (χ3v) is 4.66. The van der Waals surface area contributed by atoms with Crippen molar-refractivity contribution in [2.24, 2.45) is 5.92 Å². The highest BCUT2D eigenvalue weighted by atomic mass is 19.1. The number of carbonyl (C=O) groups excluding carboxylic acids is 1. The van der Waals surface area contributed by atoms with E-state index in [1.54, 1.807) is 19.1 Å². The average Bonchev–Trinajstić information content (AvgIpc) is 2.61. The Morgan fingerprint density at radius 1 is 1.12 bits per heavy atom. The zero-order valence-corrected chi connectivity index (χ0v) is 16.0. The molecule has 2 aromatic rings. The summed E-state index contributed by atoms with van der Waals surface area (Å²) in [6.45, 7) is 4.60. The fourth-order valence-electron chi connectivity index (χ4n) is 3.36. The molecule has 0 aromatic heterocycles. The topological polar surface area (TPSA) is 29.5 Å². The van der Waals surface area contributed by atoms with Gasteiger partial charge in [-0.3, -0.25) is 4.79 Å². The van der Waals surface area contributed by atoms with Crippen molar-refractivity contribution in [2.45, 2.75) is 32.3 Å². The van der Waals surface area contributed by atoms with Crippen LogP contribution in [0.3, 0.4) is 0 Å². The van der Waals surface area contributed by atoms with Crippen molar-refractivity contribution < 1.29 is 13.9 Å². The highest BCUT2D eigenvalue weighted by Crippen LogP contribution is 2.38. The van der Waals surface area contributed by atoms with Crippen LogP contribution in [-0.4, -0.2) is 31.5 Å². The molecule has 0 bridgehead atoms. The molecule has 4 heteroatoms. The SMILES string of the molecule is CCC(=O)O[C@](Cc1ccccc1)(c1ccc(F)cc1)[C@H](C)CN(C)C. The fraction of sp³-hybridized carbons (Fsp3) is 0.409. The van der Waals surface area contributed by atoms with Gasteiger partial charge in [-0.05, 0) is 37.4 Å². The molecular formula is C22H28FNO2. The van der Waals surface area contributed by atoms with E-state index in [2.05, 4.69) is 11.8 Å². The van der Waals surface area contributed by atoms with Gasteiger partial charge in [-0.25, -0.2) is 4.39 Å². The Kier molecular flexibility index (Phi) is 6.92. The zero-order chi connectivity index (χ0) is 19.2. The van der Waals surface area contributed by atoms with Crippen molar-refractivity contribution in [2.75, 3.05) is 20.6 Å². The van der Waals surface area contributed by atoms with Gasteiger partial charge in [0, 0.05) is 25.3 Å². The van der Waals surface area contributed by atoms with Crippen LogP contribution in [0.4, 0.5) is 4.39 Å². The molecule has 0 fully saturated rings. The summed E-state index contributed by atoms with van der Waals surface area (Å²) in [5, 5.41) is 0. The number of esters is 1. The predicted octanol–water partition coefficient (Wildman–Crippen LogP) is 4.41. The second-order valence-electron chi connectivity index (χ2n) is 7.05. The molecule has 0 aliphatic carbocycles. The van der Waals surface area contributed by atoms with Gasteiger partial charge in [-0.2, -0.15) is 0 Å². The van der Waals surface area contributed by atoms with Gasteiger partial charge in [0.15, 0.2) is 0 Å². The second kappa shape index (κ2) is 8.95. The Labute approximate surface area is 155 Å². The third kappa shape index (κ3) is 4.92. The molecule has 0 aliphatic heterocycles. The van der Waals surface area contributed by atoms with Crippen LogP contribution >= 0.6 is 0 Å². The van der Waals surface area contributed by atoms with E-state index >= 15 is 0 Å². The summed E-state index contributed by atoms with van der Waals surface area (Å²) in [4.78, 5) is 14.4. The molecule has 3 nitrogen and oxygen atoms in total. The van der Waals surface area contributed by atoms with Crippen molar-refractivity contribution in [3.8, 4) is 0 Å². The third-order valence-electron chi connectivity index (χ3n) is 4.66. The Hall–Kier alpha value is -2.20. The molecule has 2 rings (SSSR count).